The molecule has 0 aliphatic carbocycles. The van der Waals surface area contributed by atoms with Gasteiger partial charge in [0.1, 0.15) is 5.82 Å². The summed E-state index contributed by atoms with van der Waals surface area (Å²) in [6.07, 6.45) is -1.31. The predicted octanol–water partition coefficient (Wildman–Crippen LogP) is 4.41. The minimum Gasteiger partial charge on any atom is -0.376 e. The smallest absolute Gasteiger partial charge is 0.263 e. The van der Waals surface area contributed by atoms with Crippen LogP contribution < -0.4 is 5.32 Å². The molecule has 6 heteroatoms. The van der Waals surface area contributed by atoms with Gasteiger partial charge in [0.05, 0.1) is 17.7 Å². The number of hydrogen-bond acceptors (Lipinski definition) is 2. The van der Waals surface area contributed by atoms with E-state index in [1.54, 1.807) is 0 Å². The van der Waals surface area contributed by atoms with Crippen molar-refractivity contribution < 1.29 is 22.7 Å². The summed E-state index contributed by atoms with van der Waals surface area (Å²) in [6, 6.07) is 11.7. The molecule has 1 N–H and O–H groups in total. The summed E-state index contributed by atoms with van der Waals surface area (Å²) < 4.78 is 45.0. The fraction of sp³-hybridized carbons (Fsp3) is 0.316. The van der Waals surface area contributed by atoms with Crippen molar-refractivity contribution in [3.8, 4) is 0 Å². The number of ether oxygens (including phenoxy) is 1. The Kier molecular flexibility index (Phi) is 5.38. The largest absolute Gasteiger partial charge is 0.376 e. The molecule has 2 atom stereocenters. The van der Waals surface area contributed by atoms with E-state index in [1.807, 2.05) is 30.3 Å². The Morgan fingerprint density at radius 2 is 1.88 bits per heavy atom. The van der Waals surface area contributed by atoms with Crippen LogP contribution in [0.3, 0.4) is 0 Å². The summed E-state index contributed by atoms with van der Waals surface area (Å²) in [7, 11) is 0. The molecule has 1 aliphatic heterocycles. The molecule has 2 unspecified atom stereocenters. The summed E-state index contributed by atoms with van der Waals surface area (Å²) in [5.41, 5.74) is 0.142. The van der Waals surface area contributed by atoms with E-state index in [0.717, 1.165) is 30.5 Å². The highest BCUT2D eigenvalue weighted by atomic mass is 19.3. The lowest BCUT2D eigenvalue weighted by Gasteiger charge is -2.25. The number of rotatable bonds is 5. The van der Waals surface area contributed by atoms with Gasteiger partial charge in [0.25, 0.3) is 12.3 Å². The zero-order chi connectivity index (χ0) is 17.8. The van der Waals surface area contributed by atoms with Crippen molar-refractivity contribution in [2.45, 2.75) is 31.4 Å². The molecule has 3 rings (SSSR count). The summed E-state index contributed by atoms with van der Waals surface area (Å²) in [5.74, 6) is -1.61. The second kappa shape index (κ2) is 7.70. The molecule has 0 radical (unpaired) electrons. The van der Waals surface area contributed by atoms with Crippen LogP contribution in [0, 0.1) is 5.82 Å². The fourth-order valence-electron chi connectivity index (χ4n) is 2.99. The van der Waals surface area contributed by atoms with Crippen molar-refractivity contribution in [2.75, 3.05) is 6.61 Å². The standard InChI is InChI=1S/C19H18F3NO2/c20-15-11-13(18(21)22)8-9-14(15)19(24)23-17(16-7-4-10-25-16)12-5-2-1-3-6-12/h1-3,5-6,8-9,11,16-18H,4,7,10H2,(H,23,24). The average molecular weight is 349 g/mol. The highest BCUT2D eigenvalue weighted by molar-refractivity contribution is 5.94. The molecule has 1 aliphatic rings. The van der Waals surface area contributed by atoms with E-state index in [2.05, 4.69) is 5.32 Å². The zero-order valence-corrected chi connectivity index (χ0v) is 13.4. The first-order valence-corrected chi connectivity index (χ1v) is 8.11. The number of nitrogens with one attached hydrogen (secondary N) is 1. The average Bonchev–Trinajstić information content (AvgIpc) is 3.14. The Morgan fingerprint density at radius 1 is 1.12 bits per heavy atom. The number of hydrogen-bond donors (Lipinski definition) is 1. The van der Waals surface area contributed by atoms with Gasteiger partial charge in [-0.05, 0) is 30.5 Å². The van der Waals surface area contributed by atoms with E-state index in [9.17, 15) is 18.0 Å². The molecular weight excluding hydrogens is 331 g/mol. The van der Waals surface area contributed by atoms with Gasteiger partial charge in [-0.2, -0.15) is 0 Å². The topological polar surface area (TPSA) is 38.3 Å². The Morgan fingerprint density at radius 3 is 2.48 bits per heavy atom. The van der Waals surface area contributed by atoms with Gasteiger partial charge < -0.3 is 10.1 Å². The quantitative estimate of drug-likeness (QED) is 0.868. The lowest BCUT2D eigenvalue weighted by molar-refractivity contribution is 0.0670. The molecule has 0 bridgehead atoms. The molecule has 2 aromatic carbocycles. The molecule has 1 amide bonds. The van der Waals surface area contributed by atoms with Crippen LogP contribution in [-0.4, -0.2) is 18.6 Å². The lowest BCUT2D eigenvalue weighted by Crippen LogP contribution is -2.36. The Hall–Kier alpha value is -2.34. The first-order valence-electron chi connectivity index (χ1n) is 8.11. The molecular formula is C19H18F3NO2. The Labute approximate surface area is 143 Å². The molecule has 2 aromatic rings. The number of amides is 1. The number of carbonyl (C=O) groups excluding carboxylic acids is 1. The van der Waals surface area contributed by atoms with Crippen LogP contribution in [-0.2, 0) is 4.74 Å². The third-order valence-electron chi connectivity index (χ3n) is 4.27. The van der Waals surface area contributed by atoms with Crippen LogP contribution in [0.25, 0.3) is 0 Å². The second-order valence-corrected chi connectivity index (χ2v) is 5.95. The van der Waals surface area contributed by atoms with Crippen molar-refractivity contribution in [1.82, 2.24) is 5.32 Å². The lowest BCUT2D eigenvalue weighted by atomic mass is 9.98. The summed E-state index contributed by atoms with van der Waals surface area (Å²) in [5, 5.41) is 2.79. The predicted molar refractivity (Wildman–Crippen MR) is 87.0 cm³/mol. The minimum absolute atomic E-state index is 0.199. The van der Waals surface area contributed by atoms with E-state index < -0.39 is 29.8 Å². The molecule has 0 spiro atoms. The van der Waals surface area contributed by atoms with Gasteiger partial charge in [-0.3, -0.25) is 4.79 Å². The highest BCUT2D eigenvalue weighted by Gasteiger charge is 2.29. The van der Waals surface area contributed by atoms with E-state index in [1.165, 1.54) is 0 Å². The fourth-order valence-corrected chi connectivity index (χ4v) is 2.99. The van der Waals surface area contributed by atoms with Crippen molar-refractivity contribution >= 4 is 5.91 Å². The molecule has 1 heterocycles. The van der Waals surface area contributed by atoms with Gasteiger partial charge in [0.15, 0.2) is 0 Å². The number of halogens is 3. The number of benzene rings is 2. The van der Waals surface area contributed by atoms with Gasteiger partial charge >= 0.3 is 0 Å². The van der Waals surface area contributed by atoms with Crippen LogP contribution >= 0.6 is 0 Å². The van der Waals surface area contributed by atoms with E-state index in [0.29, 0.717) is 12.7 Å². The maximum absolute atomic E-state index is 14.1. The van der Waals surface area contributed by atoms with Crippen LogP contribution in [0.4, 0.5) is 13.2 Å². The van der Waals surface area contributed by atoms with E-state index in [4.69, 9.17) is 4.74 Å². The SMILES string of the molecule is O=C(NC(c1ccccc1)C1CCCO1)c1ccc(C(F)F)cc1F. The van der Waals surface area contributed by atoms with Crippen LogP contribution in [0.2, 0.25) is 0 Å². The highest BCUT2D eigenvalue weighted by Crippen LogP contribution is 2.28. The monoisotopic (exact) mass is 349 g/mol. The molecule has 1 saturated heterocycles. The maximum Gasteiger partial charge on any atom is 0.263 e. The third kappa shape index (κ3) is 4.02. The zero-order valence-electron chi connectivity index (χ0n) is 13.4. The Balaban J connectivity index is 1.83. The Bertz CT molecular complexity index is 731. The summed E-state index contributed by atoms with van der Waals surface area (Å²) in [6.45, 7) is 0.612. The van der Waals surface area contributed by atoms with Crippen molar-refractivity contribution in [3.05, 3.63) is 71.0 Å². The normalized spacial score (nSPS) is 18.3. The molecule has 1 fully saturated rings. The third-order valence-corrected chi connectivity index (χ3v) is 4.27. The molecule has 0 saturated carbocycles. The van der Waals surface area contributed by atoms with Crippen molar-refractivity contribution in [3.63, 3.8) is 0 Å². The first kappa shape index (κ1) is 17.5. The minimum atomic E-state index is -2.78. The first-order chi connectivity index (χ1) is 12.1. The van der Waals surface area contributed by atoms with Gasteiger partial charge in [0, 0.05) is 12.2 Å². The number of alkyl halides is 2. The summed E-state index contributed by atoms with van der Waals surface area (Å²) in [4.78, 5) is 12.5. The van der Waals surface area contributed by atoms with Crippen molar-refractivity contribution in [2.24, 2.45) is 0 Å². The van der Waals surface area contributed by atoms with Crippen LogP contribution in [0.1, 0.15) is 46.8 Å². The van der Waals surface area contributed by atoms with Crippen LogP contribution in [0.5, 0.6) is 0 Å². The van der Waals surface area contributed by atoms with Crippen LogP contribution in [0.15, 0.2) is 48.5 Å². The van der Waals surface area contributed by atoms with Gasteiger partial charge in [-0.1, -0.05) is 36.4 Å². The number of carbonyl (C=O) groups is 1. The second-order valence-electron chi connectivity index (χ2n) is 5.95. The molecule has 132 valence electrons. The molecule has 25 heavy (non-hydrogen) atoms. The summed E-state index contributed by atoms with van der Waals surface area (Å²) >= 11 is 0. The molecule has 0 aromatic heterocycles. The van der Waals surface area contributed by atoms with Gasteiger partial charge in [-0.15, -0.1) is 0 Å². The van der Waals surface area contributed by atoms with Gasteiger partial charge in [-0.25, -0.2) is 13.2 Å². The molecule has 3 nitrogen and oxygen atoms in total. The maximum atomic E-state index is 14.1. The van der Waals surface area contributed by atoms with Crippen molar-refractivity contribution in [1.29, 1.82) is 0 Å². The van der Waals surface area contributed by atoms with E-state index in [-0.39, 0.29) is 11.7 Å². The van der Waals surface area contributed by atoms with E-state index >= 15 is 0 Å². The van der Waals surface area contributed by atoms with Gasteiger partial charge in [0.2, 0.25) is 0 Å².